The van der Waals surface area contributed by atoms with Crippen molar-refractivity contribution in [3.63, 3.8) is 0 Å². The maximum atomic E-state index is 12.5. The van der Waals surface area contributed by atoms with Gasteiger partial charge in [-0.15, -0.1) is 0 Å². The number of nitrogens with one attached hydrogen (secondary N) is 3. The monoisotopic (exact) mass is 417 g/mol. The molecular formula is C20H21Cl2N5O. The molecule has 1 saturated carbocycles. The second kappa shape index (κ2) is 8.37. The van der Waals surface area contributed by atoms with Crippen LogP contribution in [0.15, 0.2) is 36.5 Å². The maximum Gasteiger partial charge on any atom is 0.254 e. The molecule has 2 heterocycles. The van der Waals surface area contributed by atoms with Gasteiger partial charge in [0.15, 0.2) is 5.82 Å². The van der Waals surface area contributed by atoms with Gasteiger partial charge in [-0.05, 0) is 49.8 Å². The molecular weight excluding hydrogens is 397 g/mol. The standard InChI is InChI=1S/C20H21Cl2N5O/c21-13-9-16(18(22)23-11-13)20(28)25-14-7-5-12(6-8-14)10-24-19-15-3-1-2-4-17(15)26-27-19/h1-4,9,11-12,14H,5-8,10H2,(H,25,28)(H2,24,26,27)/t12-,14-. The van der Waals surface area contributed by atoms with E-state index in [1.807, 2.05) is 18.2 Å². The molecule has 1 aliphatic carbocycles. The van der Waals surface area contributed by atoms with Crippen molar-refractivity contribution in [3.05, 3.63) is 52.3 Å². The predicted octanol–water partition coefficient (Wildman–Crippen LogP) is 4.67. The van der Waals surface area contributed by atoms with Gasteiger partial charge in [0.25, 0.3) is 5.91 Å². The van der Waals surface area contributed by atoms with Crippen LogP contribution in [0, 0.1) is 5.92 Å². The fourth-order valence-electron chi connectivity index (χ4n) is 3.70. The van der Waals surface area contributed by atoms with Crippen LogP contribution in [0.1, 0.15) is 36.0 Å². The van der Waals surface area contributed by atoms with E-state index in [1.54, 1.807) is 6.07 Å². The zero-order valence-corrected chi connectivity index (χ0v) is 16.7. The number of carbonyl (C=O) groups is 1. The highest BCUT2D eigenvalue weighted by atomic mass is 35.5. The minimum atomic E-state index is -0.218. The lowest BCUT2D eigenvalue weighted by molar-refractivity contribution is 0.0922. The summed E-state index contributed by atoms with van der Waals surface area (Å²) in [6.07, 6.45) is 5.39. The molecule has 0 bridgehead atoms. The van der Waals surface area contributed by atoms with Gasteiger partial charge in [0, 0.05) is 24.2 Å². The summed E-state index contributed by atoms with van der Waals surface area (Å²) in [5, 5.41) is 15.6. The minimum absolute atomic E-state index is 0.144. The van der Waals surface area contributed by atoms with Crippen LogP contribution in [-0.2, 0) is 0 Å². The first-order valence-electron chi connectivity index (χ1n) is 9.39. The summed E-state index contributed by atoms with van der Waals surface area (Å²) in [5.41, 5.74) is 1.36. The number of nitrogens with zero attached hydrogens (tertiary/aromatic N) is 2. The summed E-state index contributed by atoms with van der Waals surface area (Å²) in [5.74, 6) is 1.23. The van der Waals surface area contributed by atoms with Gasteiger partial charge in [0.05, 0.1) is 16.1 Å². The van der Waals surface area contributed by atoms with Gasteiger partial charge in [-0.1, -0.05) is 35.3 Å². The summed E-state index contributed by atoms with van der Waals surface area (Å²) < 4.78 is 0. The molecule has 0 saturated heterocycles. The fourth-order valence-corrected chi connectivity index (χ4v) is 4.04. The van der Waals surface area contributed by atoms with E-state index in [-0.39, 0.29) is 17.1 Å². The van der Waals surface area contributed by atoms with Crippen molar-refractivity contribution in [2.45, 2.75) is 31.7 Å². The lowest BCUT2D eigenvalue weighted by Gasteiger charge is -2.29. The molecule has 1 aromatic carbocycles. The number of halogens is 2. The summed E-state index contributed by atoms with van der Waals surface area (Å²) in [6, 6.07) is 9.78. The number of para-hydroxylation sites is 1. The first-order valence-corrected chi connectivity index (χ1v) is 10.1. The smallest absolute Gasteiger partial charge is 0.254 e. The number of aromatic nitrogens is 3. The Labute approximate surface area is 173 Å². The predicted molar refractivity (Wildman–Crippen MR) is 112 cm³/mol. The zero-order valence-electron chi connectivity index (χ0n) is 15.2. The second-order valence-corrected chi connectivity index (χ2v) is 7.98. The molecule has 2 aromatic heterocycles. The van der Waals surface area contributed by atoms with Crippen molar-refractivity contribution in [3.8, 4) is 0 Å². The van der Waals surface area contributed by atoms with Gasteiger partial charge in [-0.2, -0.15) is 5.10 Å². The number of H-pyrrole nitrogens is 1. The van der Waals surface area contributed by atoms with Crippen LogP contribution in [-0.4, -0.2) is 33.7 Å². The average Bonchev–Trinajstić information content (AvgIpc) is 3.12. The van der Waals surface area contributed by atoms with Crippen LogP contribution in [0.4, 0.5) is 5.82 Å². The van der Waals surface area contributed by atoms with E-state index in [2.05, 4.69) is 31.9 Å². The highest BCUT2D eigenvalue weighted by Crippen LogP contribution is 2.27. The highest BCUT2D eigenvalue weighted by molar-refractivity contribution is 6.34. The van der Waals surface area contributed by atoms with Crippen molar-refractivity contribution in [1.82, 2.24) is 20.5 Å². The Morgan fingerprint density at radius 1 is 1.18 bits per heavy atom. The molecule has 0 aliphatic heterocycles. The van der Waals surface area contributed by atoms with Crippen molar-refractivity contribution >= 4 is 45.8 Å². The number of amides is 1. The lowest BCUT2D eigenvalue weighted by atomic mass is 9.86. The molecule has 4 rings (SSSR count). The Morgan fingerprint density at radius 2 is 1.96 bits per heavy atom. The van der Waals surface area contributed by atoms with E-state index >= 15 is 0 Å². The van der Waals surface area contributed by atoms with Gasteiger partial charge in [0.1, 0.15) is 5.15 Å². The number of hydrogen-bond acceptors (Lipinski definition) is 4. The van der Waals surface area contributed by atoms with Crippen LogP contribution in [0.5, 0.6) is 0 Å². The van der Waals surface area contributed by atoms with Crippen LogP contribution in [0.25, 0.3) is 10.9 Å². The third-order valence-electron chi connectivity index (χ3n) is 5.26. The maximum absolute atomic E-state index is 12.5. The van der Waals surface area contributed by atoms with Crippen molar-refractivity contribution in [2.24, 2.45) is 5.92 Å². The van der Waals surface area contributed by atoms with E-state index in [9.17, 15) is 4.79 Å². The van der Waals surface area contributed by atoms with Gasteiger partial charge >= 0.3 is 0 Å². The normalized spacial score (nSPS) is 19.5. The first-order chi connectivity index (χ1) is 13.6. The Hall–Kier alpha value is -2.31. The Morgan fingerprint density at radius 3 is 2.79 bits per heavy atom. The molecule has 0 unspecified atom stereocenters. The van der Waals surface area contributed by atoms with Crippen molar-refractivity contribution in [1.29, 1.82) is 0 Å². The summed E-state index contributed by atoms with van der Waals surface area (Å²) >= 11 is 11.9. The quantitative estimate of drug-likeness (QED) is 0.526. The van der Waals surface area contributed by atoms with E-state index in [1.165, 1.54) is 6.20 Å². The number of hydrogen-bond donors (Lipinski definition) is 3. The number of anilines is 1. The number of rotatable bonds is 5. The molecule has 0 spiro atoms. The van der Waals surface area contributed by atoms with Crippen molar-refractivity contribution < 1.29 is 4.79 Å². The van der Waals surface area contributed by atoms with Crippen LogP contribution in [0.3, 0.4) is 0 Å². The zero-order chi connectivity index (χ0) is 19.5. The third-order valence-corrected chi connectivity index (χ3v) is 5.77. The largest absolute Gasteiger partial charge is 0.368 e. The highest BCUT2D eigenvalue weighted by Gasteiger charge is 2.24. The average molecular weight is 418 g/mol. The molecule has 1 aliphatic rings. The molecule has 6 nitrogen and oxygen atoms in total. The summed E-state index contributed by atoms with van der Waals surface area (Å²) in [6.45, 7) is 0.875. The number of carbonyl (C=O) groups excluding carboxylic acids is 1. The van der Waals surface area contributed by atoms with Gasteiger partial charge < -0.3 is 10.6 Å². The molecule has 3 N–H and O–H groups in total. The molecule has 8 heteroatoms. The topological polar surface area (TPSA) is 82.7 Å². The molecule has 0 radical (unpaired) electrons. The van der Waals surface area contributed by atoms with Gasteiger partial charge in [-0.3, -0.25) is 9.89 Å². The van der Waals surface area contributed by atoms with Gasteiger partial charge in [0.2, 0.25) is 0 Å². The lowest BCUT2D eigenvalue weighted by Crippen LogP contribution is -2.38. The van der Waals surface area contributed by atoms with Crippen LogP contribution in [0.2, 0.25) is 10.2 Å². The van der Waals surface area contributed by atoms with E-state index in [0.717, 1.165) is 48.9 Å². The number of fused-ring (bicyclic) bond motifs is 1. The Balaban J connectivity index is 1.27. The van der Waals surface area contributed by atoms with Crippen LogP contribution < -0.4 is 10.6 Å². The van der Waals surface area contributed by atoms with E-state index in [4.69, 9.17) is 23.2 Å². The summed E-state index contributed by atoms with van der Waals surface area (Å²) in [7, 11) is 0. The Bertz CT molecular complexity index is 982. The van der Waals surface area contributed by atoms with Crippen molar-refractivity contribution in [2.75, 3.05) is 11.9 Å². The van der Waals surface area contributed by atoms with Gasteiger partial charge in [-0.25, -0.2) is 4.98 Å². The molecule has 28 heavy (non-hydrogen) atoms. The molecule has 146 valence electrons. The number of benzene rings is 1. The second-order valence-electron chi connectivity index (χ2n) is 7.18. The minimum Gasteiger partial charge on any atom is -0.368 e. The third kappa shape index (κ3) is 4.23. The molecule has 3 aromatic rings. The fraction of sp³-hybridized carbons (Fsp3) is 0.350. The van der Waals surface area contributed by atoms with E-state index in [0.29, 0.717) is 16.5 Å². The number of pyridine rings is 1. The first kappa shape index (κ1) is 19.0. The molecule has 1 fully saturated rings. The Kier molecular flexibility index (Phi) is 5.69. The SMILES string of the molecule is O=C(N[C@H]1CC[C@H](CNc2n[nH]c3ccccc23)CC1)c1cc(Cl)cnc1Cl. The molecule has 0 atom stereocenters. The van der Waals surface area contributed by atoms with Crippen LogP contribution >= 0.6 is 23.2 Å². The molecule has 1 amide bonds. The van der Waals surface area contributed by atoms with E-state index < -0.39 is 0 Å². The summed E-state index contributed by atoms with van der Waals surface area (Å²) in [4.78, 5) is 16.4. The number of aromatic amines is 1.